The van der Waals surface area contributed by atoms with E-state index in [9.17, 15) is 18.0 Å². The van der Waals surface area contributed by atoms with Crippen molar-refractivity contribution in [2.24, 2.45) is 5.41 Å². The summed E-state index contributed by atoms with van der Waals surface area (Å²) in [4.78, 5) is 23.3. The molecule has 1 N–H and O–H groups in total. The van der Waals surface area contributed by atoms with E-state index in [-0.39, 0.29) is 17.9 Å². The lowest BCUT2D eigenvalue weighted by Gasteiger charge is -2.31. The molecule has 1 amide bonds. The van der Waals surface area contributed by atoms with Crippen LogP contribution in [-0.2, 0) is 6.18 Å². The number of nitriles is 1. The number of nitrogens with zero attached hydrogens (tertiary/aromatic N) is 5. The van der Waals surface area contributed by atoms with Crippen molar-refractivity contribution in [1.82, 2.24) is 20.4 Å². The third-order valence-corrected chi connectivity index (χ3v) is 3.17. The normalized spacial score (nSPS) is 11.6. The highest BCUT2D eigenvalue weighted by Gasteiger charge is 2.35. The maximum absolute atomic E-state index is 13.1. The molecule has 0 spiro atoms. The highest BCUT2D eigenvalue weighted by atomic mass is 19.4. The van der Waals surface area contributed by atoms with E-state index in [2.05, 4.69) is 20.4 Å². The van der Waals surface area contributed by atoms with Gasteiger partial charge in [-0.1, -0.05) is 20.8 Å². The van der Waals surface area contributed by atoms with Crippen molar-refractivity contribution < 1.29 is 18.0 Å². The number of hydrogen-bond acceptors (Lipinski definition) is 6. The van der Waals surface area contributed by atoms with E-state index in [1.165, 1.54) is 29.5 Å². The molecule has 2 aromatic heterocycles. The lowest BCUT2D eigenvalue weighted by atomic mass is 9.96. The first kappa shape index (κ1) is 20.1. The summed E-state index contributed by atoms with van der Waals surface area (Å²) in [6.07, 6.45) is -1.95. The summed E-state index contributed by atoms with van der Waals surface area (Å²) in [5, 5.41) is 10.1. The van der Waals surface area contributed by atoms with Crippen molar-refractivity contribution in [3.05, 3.63) is 47.7 Å². The molecule has 0 aromatic carbocycles. The molecule has 2 aromatic rings. The molecular formula is C17H17F3N6O. The van der Waals surface area contributed by atoms with E-state index in [1.807, 2.05) is 20.8 Å². The van der Waals surface area contributed by atoms with Crippen LogP contribution in [0.2, 0.25) is 0 Å². The van der Waals surface area contributed by atoms with Gasteiger partial charge < -0.3 is 0 Å². The second-order valence-electron chi connectivity index (χ2n) is 6.87. The van der Waals surface area contributed by atoms with E-state index < -0.39 is 29.0 Å². The molecular weight excluding hydrogens is 361 g/mol. The third kappa shape index (κ3) is 5.64. The fraction of sp³-hybridized carbons (Fsp3) is 0.353. The highest BCUT2D eigenvalue weighted by Crippen LogP contribution is 2.30. The molecule has 142 valence electrons. The van der Waals surface area contributed by atoms with Gasteiger partial charge in [0, 0.05) is 25.0 Å². The van der Waals surface area contributed by atoms with Gasteiger partial charge in [0.25, 0.3) is 5.91 Å². The van der Waals surface area contributed by atoms with Gasteiger partial charge in [0.15, 0.2) is 11.5 Å². The fourth-order valence-electron chi connectivity index (χ4n) is 2.10. The minimum atomic E-state index is -4.76. The van der Waals surface area contributed by atoms with Gasteiger partial charge in [-0.3, -0.25) is 20.2 Å². The Bertz CT molecular complexity index is 856. The quantitative estimate of drug-likeness (QED) is 0.822. The summed E-state index contributed by atoms with van der Waals surface area (Å²) in [5.41, 5.74) is 1.08. The molecule has 0 saturated carbocycles. The molecule has 10 heteroatoms. The van der Waals surface area contributed by atoms with Crippen molar-refractivity contribution in [3.63, 3.8) is 0 Å². The Hall–Kier alpha value is -3.22. The van der Waals surface area contributed by atoms with E-state index in [0.29, 0.717) is 6.07 Å². The zero-order valence-electron chi connectivity index (χ0n) is 14.9. The molecule has 0 atom stereocenters. The average Bonchev–Trinajstić information content (AvgIpc) is 2.59. The van der Waals surface area contributed by atoms with E-state index in [1.54, 1.807) is 6.07 Å². The molecule has 0 saturated heterocycles. The van der Waals surface area contributed by atoms with Gasteiger partial charge in [-0.2, -0.15) is 23.4 Å². The van der Waals surface area contributed by atoms with Crippen LogP contribution in [0, 0.1) is 16.7 Å². The Morgan fingerprint density at radius 3 is 2.52 bits per heavy atom. The summed E-state index contributed by atoms with van der Waals surface area (Å²) in [7, 11) is 0. The van der Waals surface area contributed by atoms with E-state index in [4.69, 9.17) is 5.26 Å². The van der Waals surface area contributed by atoms with Gasteiger partial charge in [-0.15, -0.1) is 0 Å². The molecule has 2 heterocycles. The predicted octanol–water partition coefficient (Wildman–Crippen LogP) is 2.96. The topological polar surface area (TPSA) is 94.8 Å². The van der Waals surface area contributed by atoms with Gasteiger partial charge in [0.2, 0.25) is 5.82 Å². The predicted molar refractivity (Wildman–Crippen MR) is 90.3 cm³/mol. The summed E-state index contributed by atoms with van der Waals surface area (Å²) < 4.78 is 39.3. The van der Waals surface area contributed by atoms with Crippen LogP contribution < -0.4 is 10.4 Å². The Morgan fingerprint density at radius 2 is 2.00 bits per heavy atom. The Labute approximate surface area is 153 Å². The number of anilines is 1. The fourth-order valence-corrected chi connectivity index (χ4v) is 2.10. The second-order valence-corrected chi connectivity index (χ2v) is 6.87. The molecule has 0 aliphatic rings. The number of pyridine rings is 1. The van der Waals surface area contributed by atoms with Crippen LogP contribution in [0.5, 0.6) is 0 Å². The maximum Gasteiger partial charge on any atom is 0.433 e. The van der Waals surface area contributed by atoms with Crippen molar-refractivity contribution in [3.8, 4) is 6.07 Å². The van der Waals surface area contributed by atoms with Crippen LogP contribution in [0.15, 0.2) is 30.6 Å². The molecule has 0 radical (unpaired) electrons. The number of hydrogen-bond donors (Lipinski definition) is 1. The second kappa shape index (κ2) is 7.57. The number of nitrogens with one attached hydrogen (secondary N) is 1. The number of carbonyl (C=O) groups excluding carboxylic acids is 1. The lowest BCUT2D eigenvalue weighted by Crippen LogP contribution is -2.47. The van der Waals surface area contributed by atoms with Crippen molar-refractivity contribution >= 4 is 11.7 Å². The molecule has 0 aliphatic heterocycles. The first-order valence-electron chi connectivity index (χ1n) is 7.84. The monoisotopic (exact) mass is 378 g/mol. The lowest BCUT2D eigenvalue weighted by molar-refractivity contribution is -0.141. The number of amides is 1. The molecule has 7 nitrogen and oxygen atoms in total. The molecule has 2 rings (SSSR count). The molecule has 0 unspecified atom stereocenters. The summed E-state index contributed by atoms with van der Waals surface area (Å²) in [5.74, 6) is -1.45. The zero-order valence-corrected chi connectivity index (χ0v) is 14.9. The van der Waals surface area contributed by atoms with Crippen LogP contribution in [0.1, 0.15) is 42.6 Å². The highest BCUT2D eigenvalue weighted by molar-refractivity contribution is 5.94. The molecule has 0 bridgehead atoms. The van der Waals surface area contributed by atoms with Crippen LogP contribution in [-0.4, -0.2) is 27.4 Å². The molecule has 0 fully saturated rings. The first-order chi connectivity index (χ1) is 12.5. The van der Waals surface area contributed by atoms with Crippen LogP contribution in [0.3, 0.4) is 0 Å². The van der Waals surface area contributed by atoms with Gasteiger partial charge >= 0.3 is 6.18 Å². The maximum atomic E-state index is 13.1. The van der Waals surface area contributed by atoms with Crippen LogP contribution >= 0.6 is 0 Å². The van der Waals surface area contributed by atoms with Gasteiger partial charge in [0.05, 0.1) is 5.56 Å². The number of halogens is 3. The average molecular weight is 378 g/mol. The Morgan fingerprint density at radius 1 is 1.30 bits per heavy atom. The molecule has 27 heavy (non-hydrogen) atoms. The number of alkyl halides is 3. The largest absolute Gasteiger partial charge is 0.433 e. The standard InChI is InChI=1S/C17H17F3N6O/c1-16(2,3)10-26(25-15(27)11-5-4-6-22-9-11)14-7-12(17(18,19)20)23-13(8-21)24-14/h4-7,9H,10H2,1-3H3,(H,25,27). The summed E-state index contributed by atoms with van der Waals surface area (Å²) >= 11 is 0. The van der Waals surface area contributed by atoms with Crippen molar-refractivity contribution in [1.29, 1.82) is 5.26 Å². The zero-order chi connectivity index (χ0) is 20.2. The number of aromatic nitrogens is 3. The van der Waals surface area contributed by atoms with Crippen LogP contribution in [0.4, 0.5) is 19.0 Å². The minimum absolute atomic E-state index is 0.137. The van der Waals surface area contributed by atoms with Gasteiger partial charge in [-0.05, 0) is 17.5 Å². The molecule has 0 aliphatic carbocycles. The third-order valence-electron chi connectivity index (χ3n) is 3.17. The number of hydrazine groups is 1. The van der Waals surface area contributed by atoms with Gasteiger partial charge in [0.1, 0.15) is 6.07 Å². The Kier molecular flexibility index (Phi) is 5.64. The summed E-state index contributed by atoms with van der Waals surface area (Å²) in [6.45, 7) is 5.66. The van der Waals surface area contributed by atoms with E-state index in [0.717, 1.165) is 0 Å². The number of carbonyl (C=O) groups is 1. The Balaban J connectivity index is 2.45. The smallest absolute Gasteiger partial charge is 0.267 e. The van der Waals surface area contributed by atoms with Crippen LogP contribution in [0.25, 0.3) is 0 Å². The van der Waals surface area contributed by atoms with Crippen molar-refractivity contribution in [2.75, 3.05) is 11.6 Å². The number of rotatable bonds is 4. The minimum Gasteiger partial charge on any atom is -0.267 e. The van der Waals surface area contributed by atoms with Crippen molar-refractivity contribution in [2.45, 2.75) is 26.9 Å². The van der Waals surface area contributed by atoms with E-state index >= 15 is 0 Å². The van der Waals surface area contributed by atoms with Gasteiger partial charge in [-0.25, -0.2) is 4.98 Å². The first-order valence-corrected chi connectivity index (χ1v) is 7.84. The SMILES string of the molecule is CC(C)(C)CN(NC(=O)c1cccnc1)c1cc(C(F)(F)F)nc(C#N)n1. The summed E-state index contributed by atoms with van der Waals surface area (Å²) in [6, 6.07) is 5.27.